The van der Waals surface area contributed by atoms with Crippen LogP contribution in [0.15, 0.2) is 35.3 Å². The van der Waals surface area contributed by atoms with E-state index in [1.807, 2.05) is 37.3 Å². The summed E-state index contributed by atoms with van der Waals surface area (Å²) in [6.45, 7) is 4.05. The Hall–Kier alpha value is -2.14. The van der Waals surface area contributed by atoms with Gasteiger partial charge in [-0.1, -0.05) is 12.1 Å². The summed E-state index contributed by atoms with van der Waals surface area (Å²) in [5, 5.41) is 0.776. The molecule has 0 fully saturated rings. The number of aryl methyl sites for hydroxylation is 1. The third-order valence-electron chi connectivity index (χ3n) is 2.80. The molecule has 0 radical (unpaired) electrons. The smallest absolute Gasteiger partial charge is 0.348 e. The Bertz CT molecular complexity index is 661. The highest BCUT2D eigenvalue weighted by molar-refractivity contribution is 7.17. The fourth-order valence-electron chi connectivity index (χ4n) is 1.79. The minimum absolute atomic E-state index is 0.289. The molecule has 0 aliphatic rings. The molecule has 2 rings (SSSR count). The van der Waals surface area contributed by atoms with Crippen molar-refractivity contribution < 1.29 is 14.3 Å². The number of nitrogens with zero attached hydrogens (tertiary/aromatic N) is 1. The first-order valence-corrected chi connectivity index (χ1v) is 7.41. The molecule has 0 saturated heterocycles. The van der Waals surface area contributed by atoms with Gasteiger partial charge in [-0.3, -0.25) is 0 Å². The van der Waals surface area contributed by atoms with Crippen molar-refractivity contribution in [2.75, 3.05) is 13.7 Å². The first-order valence-electron chi connectivity index (χ1n) is 6.59. The molecule has 0 amide bonds. The summed E-state index contributed by atoms with van der Waals surface area (Å²) in [6, 6.07) is 9.51. The minimum atomic E-state index is -0.289. The Morgan fingerprint density at radius 2 is 2.19 bits per heavy atom. The maximum atomic E-state index is 11.8. The summed E-state index contributed by atoms with van der Waals surface area (Å²) < 4.78 is 10.2. The third kappa shape index (κ3) is 3.92. The zero-order valence-corrected chi connectivity index (χ0v) is 13.1. The predicted octanol–water partition coefficient (Wildman–Crippen LogP) is 3.99. The van der Waals surface area contributed by atoms with Gasteiger partial charge in [-0.25, -0.2) is 9.79 Å². The van der Waals surface area contributed by atoms with E-state index in [1.54, 1.807) is 20.2 Å². The van der Waals surface area contributed by atoms with Crippen LogP contribution in [0.2, 0.25) is 0 Å². The molecule has 5 heteroatoms. The summed E-state index contributed by atoms with van der Waals surface area (Å²) >= 11 is 1.33. The number of carbonyl (C=O) groups is 1. The van der Waals surface area contributed by atoms with Gasteiger partial charge in [-0.05, 0) is 43.2 Å². The highest BCUT2D eigenvalue weighted by atomic mass is 32.1. The molecule has 4 nitrogen and oxygen atoms in total. The van der Waals surface area contributed by atoms with Crippen LogP contribution in [0.25, 0.3) is 0 Å². The fourth-order valence-corrected chi connectivity index (χ4v) is 2.70. The van der Waals surface area contributed by atoms with Crippen LogP contribution in [0.5, 0.6) is 5.75 Å². The van der Waals surface area contributed by atoms with Crippen LogP contribution in [-0.4, -0.2) is 25.9 Å². The van der Waals surface area contributed by atoms with Gasteiger partial charge < -0.3 is 9.47 Å². The van der Waals surface area contributed by atoms with E-state index in [9.17, 15) is 4.79 Å². The standard InChI is InChI=1S/C16H17NO3S/c1-4-20-16(18)15-11(2)8-14(21-15)17-10-12-6-5-7-13(9-12)19-3/h5-10H,4H2,1-3H3. The lowest BCUT2D eigenvalue weighted by atomic mass is 10.2. The Balaban J connectivity index is 2.17. The van der Waals surface area contributed by atoms with Crippen LogP contribution in [0.4, 0.5) is 5.00 Å². The molecular formula is C16H17NO3S. The number of esters is 1. The molecule has 0 aliphatic carbocycles. The zero-order chi connectivity index (χ0) is 15.2. The van der Waals surface area contributed by atoms with Gasteiger partial charge in [0, 0.05) is 6.21 Å². The maximum absolute atomic E-state index is 11.8. The molecule has 1 aromatic carbocycles. The van der Waals surface area contributed by atoms with E-state index in [-0.39, 0.29) is 5.97 Å². The zero-order valence-electron chi connectivity index (χ0n) is 12.3. The van der Waals surface area contributed by atoms with Gasteiger partial charge in [-0.15, -0.1) is 11.3 Å². The fraction of sp³-hybridized carbons (Fsp3) is 0.250. The first kappa shape index (κ1) is 15.3. The quantitative estimate of drug-likeness (QED) is 0.620. The van der Waals surface area contributed by atoms with Crippen molar-refractivity contribution in [3.63, 3.8) is 0 Å². The van der Waals surface area contributed by atoms with Crippen molar-refractivity contribution in [2.45, 2.75) is 13.8 Å². The molecular weight excluding hydrogens is 286 g/mol. The van der Waals surface area contributed by atoms with Gasteiger partial charge in [0.1, 0.15) is 15.6 Å². The van der Waals surface area contributed by atoms with E-state index in [1.165, 1.54) is 11.3 Å². The SMILES string of the molecule is CCOC(=O)c1sc(N=Cc2cccc(OC)c2)cc1C. The van der Waals surface area contributed by atoms with Crippen LogP contribution in [0, 0.1) is 6.92 Å². The summed E-state index contributed by atoms with van der Waals surface area (Å²) in [5.41, 5.74) is 1.83. The lowest BCUT2D eigenvalue weighted by Gasteiger charge is -1.99. The number of methoxy groups -OCH3 is 1. The summed E-state index contributed by atoms with van der Waals surface area (Å²) in [4.78, 5) is 16.8. The van der Waals surface area contributed by atoms with E-state index >= 15 is 0 Å². The van der Waals surface area contributed by atoms with Crippen molar-refractivity contribution in [3.8, 4) is 5.75 Å². The van der Waals surface area contributed by atoms with Crippen molar-refractivity contribution >= 4 is 28.5 Å². The van der Waals surface area contributed by atoms with E-state index in [0.29, 0.717) is 11.5 Å². The van der Waals surface area contributed by atoms with E-state index in [0.717, 1.165) is 21.9 Å². The van der Waals surface area contributed by atoms with Crippen molar-refractivity contribution in [1.82, 2.24) is 0 Å². The Morgan fingerprint density at radius 1 is 1.38 bits per heavy atom. The Labute approximate surface area is 128 Å². The highest BCUT2D eigenvalue weighted by Gasteiger charge is 2.13. The summed E-state index contributed by atoms with van der Waals surface area (Å²) in [6.07, 6.45) is 1.75. The lowest BCUT2D eigenvalue weighted by molar-refractivity contribution is 0.0531. The highest BCUT2D eigenvalue weighted by Crippen LogP contribution is 2.29. The van der Waals surface area contributed by atoms with E-state index < -0.39 is 0 Å². The van der Waals surface area contributed by atoms with Crippen molar-refractivity contribution in [1.29, 1.82) is 0 Å². The topological polar surface area (TPSA) is 47.9 Å². The molecule has 21 heavy (non-hydrogen) atoms. The van der Waals surface area contributed by atoms with Gasteiger partial charge in [-0.2, -0.15) is 0 Å². The number of carbonyl (C=O) groups excluding carboxylic acids is 1. The van der Waals surface area contributed by atoms with Crippen LogP contribution in [-0.2, 0) is 4.74 Å². The van der Waals surface area contributed by atoms with Gasteiger partial charge in [0.05, 0.1) is 13.7 Å². The molecule has 1 aromatic heterocycles. The summed E-state index contributed by atoms with van der Waals surface area (Å²) in [7, 11) is 1.63. The molecule has 110 valence electrons. The van der Waals surface area contributed by atoms with E-state index in [2.05, 4.69) is 4.99 Å². The molecule has 0 unspecified atom stereocenters. The number of benzene rings is 1. The first-order chi connectivity index (χ1) is 10.1. The molecule has 1 heterocycles. The average molecular weight is 303 g/mol. The lowest BCUT2D eigenvalue weighted by Crippen LogP contribution is -2.03. The number of rotatable bonds is 5. The Kier molecular flexibility index (Phi) is 5.11. The molecule has 0 N–H and O–H groups in total. The van der Waals surface area contributed by atoms with Crippen molar-refractivity contribution in [2.24, 2.45) is 4.99 Å². The van der Waals surface area contributed by atoms with Crippen LogP contribution in [0.3, 0.4) is 0 Å². The van der Waals surface area contributed by atoms with Crippen molar-refractivity contribution in [3.05, 3.63) is 46.3 Å². The van der Waals surface area contributed by atoms with Crippen LogP contribution >= 0.6 is 11.3 Å². The second kappa shape index (κ2) is 7.04. The number of ether oxygens (including phenoxy) is 2. The molecule has 0 spiro atoms. The third-order valence-corrected chi connectivity index (χ3v) is 3.93. The number of hydrogen-bond acceptors (Lipinski definition) is 5. The van der Waals surface area contributed by atoms with Gasteiger partial charge in [0.2, 0.25) is 0 Å². The largest absolute Gasteiger partial charge is 0.497 e. The van der Waals surface area contributed by atoms with Crippen LogP contribution in [0.1, 0.15) is 27.7 Å². The molecule has 0 atom stereocenters. The normalized spacial score (nSPS) is 10.8. The number of aliphatic imine (C=N–C) groups is 1. The molecule has 2 aromatic rings. The number of thiophene rings is 1. The summed E-state index contributed by atoms with van der Waals surface area (Å²) in [5.74, 6) is 0.497. The molecule has 0 bridgehead atoms. The van der Waals surface area contributed by atoms with E-state index in [4.69, 9.17) is 9.47 Å². The average Bonchev–Trinajstić information content (AvgIpc) is 2.87. The predicted molar refractivity (Wildman–Crippen MR) is 85.3 cm³/mol. The van der Waals surface area contributed by atoms with Gasteiger partial charge in [0.15, 0.2) is 0 Å². The van der Waals surface area contributed by atoms with Gasteiger partial charge >= 0.3 is 5.97 Å². The molecule has 0 saturated carbocycles. The Morgan fingerprint density at radius 3 is 2.90 bits per heavy atom. The van der Waals surface area contributed by atoms with Gasteiger partial charge in [0.25, 0.3) is 0 Å². The second-order valence-corrected chi connectivity index (χ2v) is 5.38. The number of hydrogen-bond donors (Lipinski definition) is 0. The monoisotopic (exact) mass is 303 g/mol. The molecule has 0 aliphatic heterocycles. The minimum Gasteiger partial charge on any atom is -0.497 e. The maximum Gasteiger partial charge on any atom is 0.348 e. The van der Waals surface area contributed by atoms with Crippen LogP contribution < -0.4 is 4.74 Å². The second-order valence-electron chi connectivity index (χ2n) is 4.35.